The highest BCUT2D eigenvalue weighted by molar-refractivity contribution is 5.73. The molecule has 3 rings (SSSR count). The monoisotopic (exact) mass is 493 g/mol. The van der Waals surface area contributed by atoms with Crippen LogP contribution >= 0.6 is 0 Å². The van der Waals surface area contributed by atoms with Gasteiger partial charge in [0, 0.05) is 40.2 Å². The number of amides is 1. The number of benzene rings is 1. The summed E-state index contributed by atoms with van der Waals surface area (Å²) >= 11 is 0. The fourth-order valence-electron chi connectivity index (χ4n) is 4.17. The van der Waals surface area contributed by atoms with Gasteiger partial charge in [0.2, 0.25) is 12.2 Å². The van der Waals surface area contributed by atoms with E-state index in [2.05, 4.69) is 5.32 Å². The molecule has 1 N–H and O–H groups in total. The van der Waals surface area contributed by atoms with Crippen LogP contribution in [0.4, 0.5) is 0 Å². The van der Waals surface area contributed by atoms with Crippen molar-refractivity contribution in [3.8, 4) is 11.5 Å². The number of ether oxygens (including phenoxy) is 6. The second kappa shape index (κ2) is 10.5. The van der Waals surface area contributed by atoms with E-state index >= 15 is 0 Å². The highest BCUT2D eigenvalue weighted by Crippen LogP contribution is 2.38. The van der Waals surface area contributed by atoms with Crippen molar-refractivity contribution in [3.05, 3.63) is 23.8 Å². The molecule has 1 aromatic rings. The Balaban J connectivity index is 1.95. The molecular formula is C24H31NO10. The molecule has 1 amide bonds. The summed E-state index contributed by atoms with van der Waals surface area (Å²) in [5.41, 5.74) is 0.666. The van der Waals surface area contributed by atoms with Gasteiger partial charge in [-0.2, -0.15) is 0 Å². The average molecular weight is 494 g/mol. The van der Waals surface area contributed by atoms with Crippen LogP contribution in [0.3, 0.4) is 0 Å². The van der Waals surface area contributed by atoms with Gasteiger partial charge in [0.1, 0.15) is 35.9 Å². The molecule has 5 atom stereocenters. The van der Waals surface area contributed by atoms with Gasteiger partial charge in [0.05, 0.1) is 0 Å². The molecule has 11 nitrogen and oxygen atoms in total. The molecule has 1 fully saturated rings. The molecule has 35 heavy (non-hydrogen) atoms. The largest absolute Gasteiger partial charge is 0.487 e. The number of hydrogen-bond donors (Lipinski definition) is 1. The summed E-state index contributed by atoms with van der Waals surface area (Å²) in [4.78, 5) is 47.2. The summed E-state index contributed by atoms with van der Waals surface area (Å²) in [5, 5.41) is 2.67. The van der Waals surface area contributed by atoms with Gasteiger partial charge in [-0.05, 0) is 25.5 Å². The Morgan fingerprint density at radius 1 is 1.00 bits per heavy atom. The number of carbonyl (C=O) groups is 4. The molecule has 0 aliphatic carbocycles. The third-order valence-electron chi connectivity index (χ3n) is 5.36. The van der Waals surface area contributed by atoms with Crippen LogP contribution in [0.2, 0.25) is 0 Å². The summed E-state index contributed by atoms with van der Waals surface area (Å²) in [6.45, 7) is 8.50. The SMILES string of the molecule is CC(=O)NC1C(Oc2ccc3c(c2)OC(C)(C)C3)OC(COC(C)=O)C(OC(C)=O)C1OC(C)=O. The van der Waals surface area contributed by atoms with E-state index in [1.165, 1.54) is 27.7 Å². The van der Waals surface area contributed by atoms with Crippen LogP contribution in [-0.2, 0) is 44.5 Å². The van der Waals surface area contributed by atoms with Crippen LogP contribution < -0.4 is 14.8 Å². The molecule has 0 bridgehead atoms. The van der Waals surface area contributed by atoms with Gasteiger partial charge in [-0.3, -0.25) is 19.2 Å². The van der Waals surface area contributed by atoms with E-state index < -0.39 is 54.5 Å². The molecule has 2 aliphatic heterocycles. The zero-order chi connectivity index (χ0) is 25.9. The molecule has 0 radical (unpaired) electrons. The normalized spacial score (nSPS) is 26.5. The number of carbonyl (C=O) groups excluding carboxylic acids is 4. The minimum Gasteiger partial charge on any atom is -0.487 e. The third kappa shape index (κ3) is 6.84. The molecule has 1 saturated heterocycles. The first-order chi connectivity index (χ1) is 16.3. The molecule has 0 saturated carbocycles. The van der Waals surface area contributed by atoms with Crippen molar-refractivity contribution < 1.29 is 47.6 Å². The van der Waals surface area contributed by atoms with Gasteiger partial charge in [-0.1, -0.05) is 6.07 Å². The van der Waals surface area contributed by atoms with E-state index in [1.54, 1.807) is 12.1 Å². The van der Waals surface area contributed by atoms with E-state index in [0.29, 0.717) is 11.5 Å². The summed E-state index contributed by atoms with van der Waals surface area (Å²) < 4.78 is 34.0. The van der Waals surface area contributed by atoms with E-state index in [0.717, 1.165) is 12.0 Å². The van der Waals surface area contributed by atoms with Crippen molar-refractivity contribution in [3.63, 3.8) is 0 Å². The third-order valence-corrected chi connectivity index (χ3v) is 5.36. The number of esters is 3. The van der Waals surface area contributed by atoms with Gasteiger partial charge in [0.15, 0.2) is 12.2 Å². The van der Waals surface area contributed by atoms with E-state index in [4.69, 9.17) is 28.4 Å². The second-order valence-corrected chi connectivity index (χ2v) is 9.15. The topological polar surface area (TPSA) is 136 Å². The Kier molecular flexibility index (Phi) is 7.89. The molecule has 11 heteroatoms. The fourth-order valence-corrected chi connectivity index (χ4v) is 4.17. The van der Waals surface area contributed by atoms with Crippen LogP contribution in [0.15, 0.2) is 18.2 Å². The van der Waals surface area contributed by atoms with Crippen molar-refractivity contribution in [1.82, 2.24) is 5.32 Å². The lowest BCUT2D eigenvalue weighted by Gasteiger charge is -2.44. The summed E-state index contributed by atoms with van der Waals surface area (Å²) in [6, 6.07) is 4.26. The van der Waals surface area contributed by atoms with Crippen molar-refractivity contribution in [2.24, 2.45) is 0 Å². The Bertz CT molecular complexity index is 991. The van der Waals surface area contributed by atoms with Crippen molar-refractivity contribution in [2.75, 3.05) is 6.61 Å². The molecule has 2 heterocycles. The number of fused-ring (bicyclic) bond motifs is 1. The Morgan fingerprint density at radius 3 is 2.26 bits per heavy atom. The predicted octanol–water partition coefficient (Wildman–Crippen LogP) is 1.43. The maximum atomic E-state index is 12.0. The highest BCUT2D eigenvalue weighted by Gasteiger charge is 2.52. The van der Waals surface area contributed by atoms with Gasteiger partial charge < -0.3 is 33.7 Å². The van der Waals surface area contributed by atoms with Crippen molar-refractivity contribution >= 4 is 23.8 Å². The minimum absolute atomic E-state index is 0.306. The maximum Gasteiger partial charge on any atom is 0.303 e. The second-order valence-electron chi connectivity index (χ2n) is 9.15. The average Bonchev–Trinajstić information content (AvgIpc) is 3.03. The minimum atomic E-state index is -1.19. The Labute approximate surface area is 203 Å². The van der Waals surface area contributed by atoms with Crippen molar-refractivity contribution in [1.29, 1.82) is 0 Å². The standard InChI is InChI=1S/C24H31NO10/c1-12(26)25-20-22(32-15(4)29)21(31-14(3)28)19(11-30-13(2)27)34-23(20)33-17-8-7-16-10-24(5,6)35-18(16)9-17/h7-9,19-23H,10-11H2,1-6H3,(H,25,26). The summed E-state index contributed by atoms with van der Waals surface area (Å²) in [7, 11) is 0. The molecular weight excluding hydrogens is 462 g/mol. The number of nitrogens with one attached hydrogen (secondary N) is 1. The maximum absolute atomic E-state index is 12.0. The quantitative estimate of drug-likeness (QED) is 0.439. The lowest BCUT2D eigenvalue weighted by Crippen LogP contribution is -2.67. The van der Waals surface area contributed by atoms with Gasteiger partial charge >= 0.3 is 17.9 Å². The van der Waals surface area contributed by atoms with E-state index in [-0.39, 0.29) is 12.2 Å². The van der Waals surface area contributed by atoms with E-state index in [9.17, 15) is 19.2 Å². The van der Waals surface area contributed by atoms with Gasteiger partial charge in [-0.25, -0.2) is 0 Å². The first-order valence-corrected chi connectivity index (χ1v) is 11.2. The molecule has 2 aliphatic rings. The van der Waals surface area contributed by atoms with Crippen molar-refractivity contribution in [2.45, 2.75) is 84.2 Å². The Hall–Kier alpha value is -3.34. The number of rotatable bonds is 7. The molecule has 5 unspecified atom stereocenters. The Morgan fingerprint density at radius 2 is 1.66 bits per heavy atom. The number of hydrogen-bond acceptors (Lipinski definition) is 10. The lowest BCUT2D eigenvalue weighted by molar-refractivity contribution is -0.257. The highest BCUT2D eigenvalue weighted by atomic mass is 16.7. The predicted molar refractivity (Wildman–Crippen MR) is 119 cm³/mol. The lowest BCUT2D eigenvalue weighted by atomic mass is 9.96. The fraction of sp³-hybridized carbons (Fsp3) is 0.583. The van der Waals surface area contributed by atoms with E-state index in [1.807, 2.05) is 19.9 Å². The van der Waals surface area contributed by atoms with Crippen LogP contribution in [0.1, 0.15) is 47.1 Å². The first kappa shape index (κ1) is 26.3. The van der Waals surface area contributed by atoms with Gasteiger partial charge in [-0.15, -0.1) is 0 Å². The van der Waals surface area contributed by atoms with Crippen LogP contribution in [0, 0.1) is 0 Å². The van der Waals surface area contributed by atoms with Crippen LogP contribution in [0.25, 0.3) is 0 Å². The summed E-state index contributed by atoms with van der Waals surface area (Å²) in [6.07, 6.45) is -3.88. The van der Waals surface area contributed by atoms with Crippen LogP contribution in [0.5, 0.6) is 11.5 Å². The molecule has 1 aromatic carbocycles. The molecule has 192 valence electrons. The summed E-state index contributed by atoms with van der Waals surface area (Å²) in [5.74, 6) is -1.36. The van der Waals surface area contributed by atoms with Crippen LogP contribution in [-0.4, -0.2) is 66.7 Å². The van der Waals surface area contributed by atoms with Gasteiger partial charge in [0.25, 0.3) is 0 Å². The zero-order valence-electron chi connectivity index (χ0n) is 20.6. The smallest absolute Gasteiger partial charge is 0.303 e. The molecule has 0 spiro atoms. The first-order valence-electron chi connectivity index (χ1n) is 11.2. The molecule has 0 aromatic heterocycles. The zero-order valence-corrected chi connectivity index (χ0v) is 20.6.